The van der Waals surface area contributed by atoms with Crippen LogP contribution in [0.25, 0.3) is 11.3 Å². The number of alkyl halides is 3. The Balaban J connectivity index is 2.34. The van der Waals surface area contributed by atoms with Gasteiger partial charge in [0.05, 0.1) is 17.5 Å². The number of halogens is 3. The predicted molar refractivity (Wildman–Crippen MR) is 66.7 cm³/mol. The van der Waals surface area contributed by atoms with Gasteiger partial charge in [-0.25, -0.2) is 0 Å². The Bertz CT molecular complexity index is 546. The molecule has 102 valence electrons. The minimum absolute atomic E-state index is 0.499. The van der Waals surface area contributed by atoms with Gasteiger partial charge in [0.1, 0.15) is 0 Å². The third kappa shape index (κ3) is 3.14. The van der Waals surface area contributed by atoms with Crippen molar-refractivity contribution in [3.8, 4) is 11.3 Å². The molecule has 0 amide bonds. The van der Waals surface area contributed by atoms with Crippen LogP contribution in [0, 0.1) is 0 Å². The third-order valence-corrected chi connectivity index (χ3v) is 2.84. The van der Waals surface area contributed by atoms with E-state index in [-0.39, 0.29) is 0 Å². The van der Waals surface area contributed by atoms with Crippen molar-refractivity contribution < 1.29 is 13.2 Å². The Morgan fingerprint density at radius 3 is 2.79 bits per heavy atom. The highest BCUT2D eigenvalue weighted by molar-refractivity contribution is 5.63. The molecule has 0 unspecified atom stereocenters. The molecular weight excluding hydrogens is 255 g/mol. The lowest BCUT2D eigenvalue weighted by Crippen LogP contribution is -2.10. The molecule has 3 nitrogen and oxygen atoms in total. The maximum absolute atomic E-state index is 12.7. The SMILES string of the molecule is CNCCc1cn[nH]c1-c1cccc(C(F)(F)F)c1. The van der Waals surface area contributed by atoms with Gasteiger partial charge in [-0.2, -0.15) is 18.3 Å². The highest BCUT2D eigenvalue weighted by atomic mass is 19.4. The molecule has 1 heterocycles. The van der Waals surface area contributed by atoms with Crippen LogP contribution in [0.15, 0.2) is 30.5 Å². The second kappa shape index (κ2) is 5.44. The van der Waals surface area contributed by atoms with Gasteiger partial charge >= 0.3 is 6.18 Å². The Labute approximate surface area is 108 Å². The first kappa shape index (κ1) is 13.6. The lowest BCUT2D eigenvalue weighted by atomic mass is 10.0. The van der Waals surface area contributed by atoms with Gasteiger partial charge in [0.25, 0.3) is 0 Å². The van der Waals surface area contributed by atoms with E-state index in [9.17, 15) is 13.2 Å². The van der Waals surface area contributed by atoms with Crippen molar-refractivity contribution in [3.63, 3.8) is 0 Å². The minimum atomic E-state index is -4.33. The Hall–Kier alpha value is -1.82. The molecule has 0 bridgehead atoms. The van der Waals surface area contributed by atoms with E-state index in [1.807, 2.05) is 7.05 Å². The Morgan fingerprint density at radius 2 is 2.11 bits per heavy atom. The quantitative estimate of drug-likeness (QED) is 0.896. The molecule has 0 saturated heterocycles. The summed E-state index contributed by atoms with van der Waals surface area (Å²) in [6.07, 6.45) is -1.98. The van der Waals surface area contributed by atoms with Crippen LogP contribution in [0.5, 0.6) is 0 Å². The molecule has 1 aromatic heterocycles. The average Bonchev–Trinajstić information content (AvgIpc) is 2.83. The summed E-state index contributed by atoms with van der Waals surface area (Å²) in [6.45, 7) is 0.742. The van der Waals surface area contributed by atoms with Crippen LogP contribution in [-0.4, -0.2) is 23.8 Å². The number of H-pyrrole nitrogens is 1. The second-order valence-corrected chi connectivity index (χ2v) is 4.20. The van der Waals surface area contributed by atoms with Crippen molar-refractivity contribution in [3.05, 3.63) is 41.6 Å². The van der Waals surface area contributed by atoms with E-state index < -0.39 is 11.7 Å². The second-order valence-electron chi connectivity index (χ2n) is 4.20. The first-order chi connectivity index (χ1) is 9.02. The zero-order valence-electron chi connectivity index (χ0n) is 10.4. The van der Waals surface area contributed by atoms with E-state index in [0.717, 1.165) is 24.2 Å². The van der Waals surface area contributed by atoms with E-state index in [1.165, 1.54) is 6.07 Å². The molecule has 0 aliphatic carbocycles. The predicted octanol–water partition coefficient (Wildman–Crippen LogP) is 2.86. The number of rotatable bonds is 4. The van der Waals surface area contributed by atoms with E-state index in [0.29, 0.717) is 17.7 Å². The number of nitrogens with one attached hydrogen (secondary N) is 2. The van der Waals surface area contributed by atoms with E-state index in [4.69, 9.17) is 0 Å². The first-order valence-electron chi connectivity index (χ1n) is 5.87. The van der Waals surface area contributed by atoms with Crippen LogP contribution in [0.1, 0.15) is 11.1 Å². The monoisotopic (exact) mass is 269 g/mol. The number of hydrogen-bond donors (Lipinski definition) is 2. The maximum Gasteiger partial charge on any atom is 0.416 e. The minimum Gasteiger partial charge on any atom is -0.319 e. The molecule has 0 aliphatic heterocycles. The summed E-state index contributed by atoms with van der Waals surface area (Å²) in [7, 11) is 1.82. The largest absolute Gasteiger partial charge is 0.416 e. The van der Waals surface area contributed by atoms with Gasteiger partial charge < -0.3 is 5.32 Å². The van der Waals surface area contributed by atoms with E-state index in [1.54, 1.807) is 12.3 Å². The summed E-state index contributed by atoms with van der Waals surface area (Å²) in [5, 5.41) is 9.67. The summed E-state index contributed by atoms with van der Waals surface area (Å²) in [4.78, 5) is 0. The molecule has 0 aliphatic rings. The summed E-state index contributed by atoms with van der Waals surface area (Å²) < 4.78 is 38.0. The van der Waals surface area contributed by atoms with Crippen LogP contribution in [0.2, 0.25) is 0 Å². The van der Waals surface area contributed by atoms with Gasteiger partial charge in [-0.15, -0.1) is 0 Å². The van der Waals surface area contributed by atoms with Crippen molar-refractivity contribution in [2.24, 2.45) is 0 Å². The van der Waals surface area contributed by atoms with Crippen molar-refractivity contribution in [1.29, 1.82) is 0 Å². The normalized spacial score (nSPS) is 11.8. The van der Waals surface area contributed by atoms with Crippen molar-refractivity contribution in [1.82, 2.24) is 15.5 Å². The van der Waals surface area contributed by atoms with Gasteiger partial charge in [0, 0.05) is 5.56 Å². The number of aromatic nitrogens is 2. The molecule has 6 heteroatoms. The average molecular weight is 269 g/mol. The standard InChI is InChI=1S/C13H14F3N3/c1-17-6-5-10-8-18-19-12(10)9-3-2-4-11(7-9)13(14,15)16/h2-4,7-8,17H,5-6H2,1H3,(H,18,19). The van der Waals surface area contributed by atoms with Crippen molar-refractivity contribution >= 4 is 0 Å². The Morgan fingerprint density at radius 1 is 1.32 bits per heavy atom. The highest BCUT2D eigenvalue weighted by Crippen LogP contribution is 2.32. The number of benzene rings is 1. The molecule has 2 N–H and O–H groups in total. The third-order valence-electron chi connectivity index (χ3n) is 2.84. The van der Waals surface area contributed by atoms with Gasteiger partial charge in [-0.05, 0) is 37.7 Å². The molecule has 0 fully saturated rings. The topological polar surface area (TPSA) is 40.7 Å². The Kier molecular flexibility index (Phi) is 3.90. The van der Waals surface area contributed by atoms with Crippen LogP contribution in [0.4, 0.5) is 13.2 Å². The van der Waals surface area contributed by atoms with E-state index >= 15 is 0 Å². The number of hydrogen-bond acceptors (Lipinski definition) is 2. The van der Waals surface area contributed by atoms with Gasteiger partial charge in [0.15, 0.2) is 0 Å². The first-order valence-corrected chi connectivity index (χ1v) is 5.87. The number of likely N-dealkylation sites (N-methyl/N-ethyl adjacent to an activating group) is 1. The fourth-order valence-electron chi connectivity index (χ4n) is 1.86. The van der Waals surface area contributed by atoms with Gasteiger partial charge in [-0.1, -0.05) is 12.1 Å². The maximum atomic E-state index is 12.7. The number of nitrogens with zero attached hydrogens (tertiary/aromatic N) is 1. The molecule has 0 radical (unpaired) electrons. The molecule has 2 rings (SSSR count). The van der Waals surface area contributed by atoms with Crippen molar-refractivity contribution in [2.45, 2.75) is 12.6 Å². The fourth-order valence-corrected chi connectivity index (χ4v) is 1.86. The van der Waals surface area contributed by atoms with E-state index in [2.05, 4.69) is 15.5 Å². The highest BCUT2D eigenvalue weighted by Gasteiger charge is 2.30. The van der Waals surface area contributed by atoms with Crippen LogP contribution < -0.4 is 5.32 Å². The molecule has 2 aromatic rings. The summed E-state index contributed by atoms with van der Waals surface area (Å²) >= 11 is 0. The van der Waals surface area contributed by atoms with Gasteiger partial charge in [-0.3, -0.25) is 5.10 Å². The summed E-state index contributed by atoms with van der Waals surface area (Å²) in [5.74, 6) is 0. The van der Waals surface area contributed by atoms with Crippen molar-refractivity contribution in [2.75, 3.05) is 13.6 Å². The molecule has 0 spiro atoms. The summed E-state index contributed by atoms with van der Waals surface area (Å²) in [5.41, 5.74) is 1.38. The molecule has 0 saturated carbocycles. The lowest BCUT2D eigenvalue weighted by molar-refractivity contribution is -0.137. The number of aromatic amines is 1. The zero-order valence-corrected chi connectivity index (χ0v) is 10.4. The molecular formula is C13H14F3N3. The molecule has 19 heavy (non-hydrogen) atoms. The van der Waals surface area contributed by atoms with Gasteiger partial charge in [0.2, 0.25) is 0 Å². The van der Waals surface area contributed by atoms with Crippen LogP contribution >= 0.6 is 0 Å². The fraction of sp³-hybridized carbons (Fsp3) is 0.308. The molecule has 0 atom stereocenters. The zero-order chi connectivity index (χ0) is 13.9. The molecule has 1 aromatic carbocycles. The van der Waals surface area contributed by atoms with Crippen LogP contribution in [-0.2, 0) is 12.6 Å². The lowest BCUT2D eigenvalue weighted by Gasteiger charge is -2.09. The van der Waals surface area contributed by atoms with Crippen LogP contribution in [0.3, 0.4) is 0 Å². The summed E-state index contributed by atoms with van der Waals surface area (Å²) in [6, 6.07) is 5.25. The smallest absolute Gasteiger partial charge is 0.319 e.